The first-order chi connectivity index (χ1) is 10.3. The summed E-state index contributed by atoms with van der Waals surface area (Å²) in [5, 5.41) is 2.74. The van der Waals surface area contributed by atoms with Gasteiger partial charge in [-0.1, -0.05) is 72.3 Å². The topological polar surface area (TPSA) is 26.0 Å². The first kappa shape index (κ1) is 14.3. The van der Waals surface area contributed by atoms with E-state index < -0.39 is 0 Å². The number of rotatable bonds is 4. The van der Waals surface area contributed by atoms with E-state index in [0.29, 0.717) is 0 Å². The van der Waals surface area contributed by atoms with E-state index in [1.54, 1.807) is 11.3 Å². The monoisotopic (exact) mass is 313 g/mol. The highest BCUT2D eigenvalue weighted by atomic mass is 35.5. The third kappa shape index (κ3) is 3.03. The summed E-state index contributed by atoms with van der Waals surface area (Å²) in [6, 6.07) is 22.5. The summed E-state index contributed by atoms with van der Waals surface area (Å²) in [4.78, 5) is 1.04. The molecule has 1 aromatic heterocycles. The molecule has 0 saturated heterocycles. The number of benzene rings is 2. The van der Waals surface area contributed by atoms with Gasteiger partial charge in [-0.2, -0.15) is 0 Å². The highest BCUT2D eigenvalue weighted by Gasteiger charge is 2.25. The Bertz CT molecular complexity index is 654. The zero-order valence-electron chi connectivity index (χ0n) is 11.4. The van der Waals surface area contributed by atoms with Gasteiger partial charge in [0, 0.05) is 10.8 Å². The molecule has 1 heterocycles. The van der Waals surface area contributed by atoms with Gasteiger partial charge in [0.25, 0.3) is 0 Å². The molecule has 2 N–H and O–H groups in total. The fourth-order valence-electron chi connectivity index (χ4n) is 2.62. The Morgan fingerprint density at radius 3 is 1.76 bits per heavy atom. The maximum absolute atomic E-state index is 6.57. The standard InChI is InChI=1S/C18H16ClNS/c19-15-11-12-21-18(15)17(20)16(13-7-3-1-4-8-13)14-9-5-2-6-10-14/h1-12,16-17H,20H2. The molecule has 0 aliphatic heterocycles. The highest BCUT2D eigenvalue weighted by molar-refractivity contribution is 7.10. The minimum Gasteiger partial charge on any atom is -0.322 e. The van der Waals surface area contributed by atoms with Crippen LogP contribution in [0.5, 0.6) is 0 Å². The summed E-state index contributed by atoms with van der Waals surface area (Å²) < 4.78 is 0. The van der Waals surface area contributed by atoms with Gasteiger partial charge in [0.1, 0.15) is 0 Å². The van der Waals surface area contributed by atoms with E-state index in [-0.39, 0.29) is 12.0 Å². The highest BCUT2D eigenvalue weighted by Crippen LogP contribution is 2.39. The van der Waals surface area contributed by atoms with Crippen molar-refractivity contribution in [2.24, 2.45) is 5.73 Å². The van der Waals surface area contributed by atoms with E-state index in [2.05, 4.69) is 24.3 Å². The van der Waals surface area contributed by atoms with Crippen LogP contribution in [0.4, 0.5) is 0 Å². The molecule has 1 nitrogen and oxygen atoms in total. The maximum Gasteiger partial charge on any atom is 0.0561 e. The van der Waals surface area contributed by atoms with Crippen molar-refractivity contribution >= 4 is 22.9 Å². The van der Waals surface area contributed by atoms with Crippen molar-refractivity contribution in [2.75, 3.05) is 0 Å². The van der Waals surface area contributed by atoms with Crippen molar-refractivity contribution in [1.82, 2.24) is 0 Å². The normalized spacial score (nSPS) is 12.5. The predicted molar refractivity (Wildman–Crippen MR) is 91.0 cm³/mol. The molecule has 0 spiro atoms. The van der Waals surface area contributed by atoms with Crippen LogP contribution in [0.1, 0.15) is 28.0 Å². The van der Waals surface area contributed by atoms with Crippen molar-refractivity contribution in [1.29, 1.82) is 0 Å². The molecule has 1 atom stereocenters. The second kappa shape index (κ2) is 6.44. The summed E-state index contributed by atoms with van der Waals surface area (Å²) >= 11 is 7.90. The number of thiophene rings is 1. The van der Waals surface area contributed by atoms with Crippen LogP contribution < -0.4 is 5.73 Å². The molecule has 21 heavy (non-hydrogen) atoms. The van der Waals surface area contributed by atoms with Crippen LogP contribution in [-0.4, -0.2) is 0 Å². The van der Waals surface area contributed by atoms with Crippen molar-refractivity contribution in [3.63, 3.8) is 0 Å². The summed E-state index contributed by atoms with van der Waals surface area (Å²) in [6.45, 7) is 0. The van der Waals surface area contributed by atoms with Crippen molar-refractivity contribution in [3.8, 4) is 0 Å². The molecule has 2 aromatic carbocycles. The molecular weight excluding hydrogens is 298 g/mol. The Labute approximate surface area is 134 Å². The SMILES string of the molecule is NC(c1sccc1Cl)C(c1ccccc1)c1ccccc1. The molecule has 3 heteroatoms. The van der Waals surface area contributed by atoms with Crippen molar-refractivity contribution < 1.29 is 0 Å². The molecule has 0 aliphatic rings. The summed E-state index contributed by atoms with van der Waals surface area (Å²) in [6.07, 6.45) is 0. The van der Waals surface area contributed by atoms with E-state index in [9.17, 15) is 0 Å². The average molecular weight is 314 g/mol. The molecule has 0 aliphatic carbocycles. The summed E-state index contributed by atoms with van der Waals surface area (Å²) in [5.74, 6) is 0.101. The Kier molecular flexibility index (Phi) is 4.39. The minimum atomic E-state index is -0.151. The number of nitrogens with two attached hydrogens (primary N) is 1. The second-order valence-electron chi connectivity index (χ2n) is 4.96. The van der Waals surface area contributed by atoms with Crippen LogP contribution in [0, 0.1) is 0 Å². The van der Waals surface area contributed by atoms with Gasteiger partial charge in [0.05, 0.1) is 11.1 Å². The molecule has 3 rings (SSSR count). The predicted octanol–water partition coefficient (Wildman–Crippen LogP) is 5.23. The smallest absolute Gasteiger partial charge is 0.0561 e. The average Bonchev–Trinajstić information content (AvgIpc) is 2.96. The lowest BCUT2D eigenvalue weighted by molar-refractivity contribution is 0.640. The van der Waals surface area contributed by atoms with Gasteiger partial charge in [0.2, 0.25) is 0 Å². The van der Waals surface area contributed by atoms with Gasteiger partial charge in [0.15, 0.2) is 0 Å². The second-order valence-corrected chi connectivity index (χ2v) is 6.31. The third-order valence-corrected chi connectivity index (χ3v) is 5.08. The summed E-state index contributed by atoms with van der Waals surface area (Å²) in [5.41, 5.74) is 8.99. The minimum absolute atomic E-state index is 0.101. The summed E-state index contributed by atoms with van der Waals surface area (Å²) in [7, 11) is 0. The van der Waals surface area contributed by atoms with Gasteiger partial charge < -0.3 is 5.73 Å². The van der Waals surface area contributed by atoms with Crippen molar-refractivity contribution in [3.05, 3.63) is 93.1 Å². The maximum atomic E-state index is 6.57. The van der Waals surface area contributed by atoms with Crippen LogP contribution in [0.3, 0.4) is 0 Å². The van der Waals surface area contributed by atoms with Gasteiger partial charge in [-0.15, -0.1) is 11.3 Å². The lowest BCUT2D eigenvalue weighted by atomic mass is 9.85. The molecule has 1 unspecified atom stereocenters. The van der Waals surface area contributed by atoms with Crippen LogP contribution >= 0.6 is 22.9 Å². The Morgan fingerprint density at radius 2 is 1.33 bits per heavy atom. The first-order valence-electron chi connectivity index (χ1n) is 6.85. The third-order valence-electron chi connectivity index (χ3n) is 3.62. The lowest BCUT2D eigenvalue weighted by Gasteiger charge is -2.24. The van der Waals surface area contributed by atoms with Crippen LogP contribution in [0.15, 0.2) is 72.1 Å². The van der Waals surface area contributed by atoms with Crippen LogP contribution in [0.2, 0.25) is 5.02 Å². The first-order valence-corrected chi connectivity index (χ1v) is 8.11. The zero-order chi connectivity index (χ0) is 14.7. The van der Waals surface area contributed by atoms with E-state index in [4.69, 9.17) is 17.3 Å². The fourth-order valence-corrected chi connectivity index (χ4v) is 3.84. The molecule has 0 amide bonds. The van der Waals surface area contributed by atoms with E-state index in [1.165, 1.54) is 11.1 Å². The van der Waals surface area contributed by atoms with Crippen LogP contribution in [0.25, 0.3) is 0 Å². The van der Waals surface area contributed by atoms with Gasteiger partial charge in [-0.3, -0.25) is 0 Å². The number of halogens is 1. The molecular formula is C18H16ClNS. The Balaban J connectivity index is 2.07. The zero-order valence-corrected chi connectivity index (χ0v) is 13.0. The molecule has 0 radical (unpaired) electrons. The number of hydrogen-bond donors (Lipinski definition) is 1. The quantitative estimate of drug-likeness (QED) is 0.701. The Hall–Kier alpha value is -1.61. The largest absolute Gasteiger partial charge is 0.322 e. The van der Waals surface area contributed by atoms with Gasteiger partial charge in [-0.25, -0.2) is 0 Å². The number of hydrogen-bond acceptors (Lipinski definition) is 2. The van der Waals surface area contributed by atoms with E-state index in [0.717, 1.165) is 9.90 Å². The molecule has 106 valence electrons. The fraction of sp³-hybridized carbons (Fsp3) is 0.111. The van der Waals surface area contributed by atoms with E-state index in [1.807, 2.05) is 47.8 Å². The van der Waals surface area contributed by atoms with Crippen LogP contribution in [-0.2, 0) is 0 Å². The van der Waals surface area contributed by atoms with Gasteiger partial charge >= 0.3 is 0 Å². The lowest BCUT2D eigenvalue weighted by Crippen LogP contribution is -2.20. The molecule has 0 fully saturated rings. The van der Waals surface area contributed by atoms with Gasteiger partial charge in [-0.05, 0) is 22.6 Å². The van der Waals surface area contributed by atoms with E-state index >= 15 is 0 Å². The Morgan fingerprint density at radius 1 is 0.810 bits per heavy atom. The molecule has 0 bridgehead atoms. The van der Waals surface area contributed by atoms with Crippen molar-refractivity contribution in [2.45, 2.75) is 12.0 Å². The molecule has 0 saturated carbocycles. The molecule has 3 aromatic rings.